The maximum absolute atomic E-state index is 12.8. The van der Waals surface area contributed by atoms with Crippen molar-refractivity contribution in [1.29, 1.82) is 0 Å². The van der Waals surface area contributed by atoms with Crippen LogP contribution in [0.5, 0.6) is 0 Å². The standard InChI is InChI=1S/C25H34N6O4S/c1-30(2)23-19-7-5-6-8-20(19)28-25(29-23)26-15-17-9-11-18(12-10-17)16-27-36(33,34)22-14-13-21(31(22)3)24(32)35-4/h5-8,13-14,17-18,27H,9-12,15-16H2,1-4H3,(H,26,28,29). The van der Waals surface area contributed by atoms with Crippen LogP contribution in [0.25, 0.3) is 10.9 Å². The van der Waals surface area contributed by atoms with Crippen molar-refractivity contribution in [2.24, 2.45) is 18.9 Å². The second-order valence-electron chi connectivity index (χ2n) is 9.51. The third-order valence-electron chi connectivity index (χ3n) is 6.83. The van der Waals surface area contributed by atoms with Gasteiger partial charge in [0, 0.05) is 39.6 Å². The molecule has 0 unspecified atom stereocenters. The maximum Gasteiger partial charge on any atom is 0.354 e. The fourth-order valence-corrected chi connectivity index (χ4v) is 6.04. The average molecular weight is 515 g/mol. The van der Waals surface area contributed by atoms with Gasteiger partial charge in [-0.25, -0.2) is 22.9 Å². The quantitative estimate of drug-likeness (QED) is 0.419. The van der Waals surface area contributed by atoms with Gasteiger partial charge in [-0.2, -0.15) is 4.98 Å². The molecule has 3 aromatic rings. The van der Waals surface area contributed by atoms with Crippen molar-refractivity contribution in [2.75, 3.05) is 44.5 Å². The summed E-state index contributed by atoms with van der Waals surface area (Å²) in [5.74, 6) is 1.69. The molecule has 2 heterocycles. The van der Waals surface area contributed by atoms with Crippen molar-refractivity contribution < 1.29 is 17.9 Å². The fourth-order valence-electron chi connectivity index (χ4n) is 4.73. The number of benzene rings is 1. The molecule has 36 heavy (non-hydrogen) atoms. The lowest BCUT2D eigenvalue weighted by molar-refractivity contribution is 0.0589. The molecule has 2 aromatic heterocycles. The van der Waals surface area contributed by atoms with Crippen molar-refractivity contribution in [3.05, 3.63) is 42.1 Å². The van der Waals surface area contributed by atoms with Crippen molar-refractivity contribution in [3.8, 4) is 0 Å². The predicted octanol–water partition coefficient (Wildman–Crippen LogP) is 3.02. The van der Waals surface area contributed by atoms with E-state index in [0.717, 1.165) is 48.9 Å². The van der Waals surface area contributed by atoms with E-state index in [9.17, 15) is 13.2 Å². The maximum atomic E-state index is 12.8. The predicted molar refractivity (Wildman–Crippen MR) is 140 cm³/mol. The molecule has 0 amide bonds. The minimum absolute atomic E-state index is 0.0493. The molecule has 0 atom stereocenters. The number of fused-ring (bicyclic) bond motifs is 1. The summed E-state index contributed by atoms with van der Waals surface area (Å²) in [6.07, 6.45) is 3.89. The Morgan fingerprint density at radius 3 is 2.39 bits per heavy atom. The Balaban J connectivity index is 1.29. The highest BCUT2D eigenvalue weighted by Gasteiger charge is 2.26. The first-order valence-electron chi connectivity index (χ1n) is 12.1. The first-order chi connectivity index (χ1) is 17.2. The number of esters is 1. The van der Waals surface area contributed by atoms with Gasteiger partial charge in [0.15, 0.2) is 5.03 Å². The van der Waals surface area contributed by atoms with E-state index in [0.29, 0.717) is 18.4 Å². The van der Waals surface area contributed by atoms with E-state index < -0.39 is 16.0 Å². The van der Waals surface area contributed by atoms with E-state index in [1.54, 1.807) is 7.05 Å². The van der Waals surface area contributed by atoms with Crippen LogP contribution in [-0.4, -0.2) is 63.2 Å². The number of hydrogen-bond acceptors (Lipinski definition) is 8. The van der Waals surface area contributed by atoms with Crippen LogP contribution in [-0.2, 0) is 21.8 Å². The fraction of sp³-hybridized carbons (Fsp3) is 0.480. The van der Waals surface area contributed by atoms with Crippen LogP contribution in [0, 0.1) is 11.8 Å². The van der Waals surface area contributed by atoms with E-state index >= 15 is 0 Å². The molecular weight excluding hydrogens is 480 g/mol. The summed E-state index contributed by atoms with van der Waals surface area (Å²) in [6.45, 7) is 1.16. The number of nitrogens with zero attached hydrogens (tertiary/aromatic N) is 4. The lowest BCUT2D eigenvalue weighted by Gasteiger charge is -2.28. The average Bonchev–Trinajstić information content (AvgIpc) is 3.28. The lowest BCUT2D eigenvalue weighted by atomic mass is 9.82. The van der Waals surface area contributed by atoms with E-state index in [1.807, 2.05) is 43.3 Å². The van der Waals surface area contributed by atoms with Crippen molar-refractivity contribution in [2.45, 2.75) is 30.7 Å². The molecule has 1 fully saturated rings. The van der Waals surface area contributed by atoms with Gasteiger partial charge in [0.05, 0.1) is 12.6 Å². The zero-order chi connectivity index (χ0) is 25.9. The van der Waals surface area contributed by atoms with Gasteiger partial charge in [0.25, 0.3) is 10.0 Å². The Hall–Kier alpha value is -3.18. The molecule has 10 nitrogen and oxygen atoms in total. The molecular formula is C25H34N6O4S. The zero-order valence-electron chi connectivity index (χ0n) is 21.2. The Kier molecular flexibility index (Phi) is 7.79. The molecule has 0 aliphatic heterocycles. The summed E-state index contributed by atoms with van der Waals surface area (Å²) >= 11 is 0. The molecule has 2 N–H and O–H groups in total. The summed E-state index contributed by atoms with van der Waals surface area (Å²) < 4.78 is 34.4. The van der Waals surface area contributed by atoms with Gasteiger partial charge in [-0.05, 0) is 61.8 Å². The monoisotopic (exact) mass is 514 g/mol. The van der Waals surface area contributed by atoms with Crippen molar-refractivity contribution in [1.82, 2.24) is 19.3 Å². The van der Waals surface area contributed by atoms with Crippen LogP contribution in [0.2, 0.25) is 0 Å². The highest BCUT2D eigenvalue weighted by Crippen LogP contribution is 2.29. The van der Waals surface area contributed by atoms with Crippen LogP contribution in [0.15, 0.2) is 41.4 Å². The minimum Gasteiger partial charge on any atom is -0.464 e. The van der Waals surface area contributed by atoms with Crippen molar-refractivity contribution >= 4 is 38.7 Å². The normalized spacial score (nSPS) is 18.2. The van der Waals surface area contributed by atoms with E-state index in [4.69, 9.17) is 9.72 Å². The van der Waals surface area contributed by atoms with Gasteiger partial charge in [-0.1, -0.05) is 12.1 Å². The molecule has 1 aromatic carbocycles. The lowest BCUT2D eigenvalue weighted by Crippen LogP contribution is -2.33. The number of para-hydroxylation sites is 1. The second kappa shape index (κ2) is 10.8. The van der Waals surface area contributed by atoms with E-state index in [-0.39, 0.29) is 16.6 Å². The first kappa shape index (κ1) is 25.9. The first-order valence-corrected chi connectivity index (χ1v) is 13.6. The molecule has 0 spiro atoms. The number of hydrogen-bond donors (Lipinski definition) is 2. The molecule has 0 radical (unpaired) electrons. The minimum atomic E-state index is -3.73. The molecule has 4 rings (SSSR count). The van der Waals surface area contributed by atoms with Gasteiger partial charge in [0.2, 0.25) is 5.95 Å². The number of carbonyl (C=O) groups is 1. The molecule has 1 aliphatic carbocycles. The third kappa shape index (κ3) is 5.62. The number of anilines is 2. The molecule has 1 saturated carbocycles. The highest BCUT2D eigenvalue weighted by atomic mass is 32.2. The number of ether oxygens (including phenoxy) is 1. The Morgan fingerprint density at radius 2 is 1.72 bits per heavy atom. The topological polar surface area (TPSA) is 118 Å². The molecule has 0 bridgehead atoms. The number of carbonyl (C=O) groups excluding carboxylic acids is 1. The number of aromatic nitrogens is 3. The van der Waals surface area contributed by atoms with Crippen LogP contribution >= 0.6 is 0 Å². The number of rotatable bonds is 9. The smallest absolute Gasteiger partial charge is 0.354 e. The summed E-state index contributed by atoms with van der Waals surface area (Å²) in [7, 11) is 3.03. The Morgan fingerprint density at radius 1 is 1.06 bits per heavy atom. The van der Waals surface area contributed by atoms with Crippen LogP contribution in [0.1, 0.15) is 36.2 Å². The van der Waals surface area contributed by atoms with Crippen LogP contribution < -0.4 is 14.9 Å². The van der Waals surface area contributed by atoms with Crippen molar-refractivity contribution in [3.63, 3.8) is 0 Å². The number of nitrogens with one attached hydrogen (secondary N) is 2. The van der Waals surface area contributed by atoms with Gasteiger partial charge in [-0.3, -0.25) is 0 Å². The Labute approximate surface area is 212 Å². The molecule has 1 aliphatic rings. The van der Waals surface area contributed by atoms with Gasteiger partial charge >= 0.3 is 5.97 Å². The summed E-state index contributed by atoms with van der Waals surface area (Å²) in [4.78, 5) is 23.2. The third-order valence-corrected chi connectivity index (χ3v) is 8.34. The molecule has 11 heteroatoms. The SMILES string of the molecule is COC(=O)c1ccc(S(=O)(=O)NCC2CCC(CNc3nc(N(C)C)c4ccccc4n3)CC2)n1C. The zero-order valence-corrected chi connectivity index (χ0v) is 22.0. The molecule has 0 saturated heterocycles. The van der Waals surface area contributed by atoms with E-state index in [1.165, 1.54) is 23.8 Å². The van der Waals surface area contributed by atoms with E-state index in [2.05, 4.69) is 15.0 Å². The number of methoxy groups -OCH3 is 1. The summed E-state index contributed by atoms with van der Waals surface area (Å²) in [5.41, 5.74) is 1.10. The van der Waals surface area contributed by atoms with Crippen LogP contribution in [0.3, 0.4) is 0 Å². The molecule has 194 valence electrons. The number of sulfonamides is 1. The van der Waals surface area contributed by atoms with Gasteiger partial charge < -0.3 is 19.5 Å². The summed E-state index contributed by atoms with van der Waals surface area (Å²) in [5, 5.41) is 4.49. The summed E-state index contributed by atoms with van der Waals surface area (Å²) in [6, 6.07) is 10.9. The highest BCUT2D eigenvalue weighted by molar-refractivity contribution is 7.89. The Bertz CT molecular complexity index is 1330. The van der Waals surface area contributed by atoms with Crippen LogP contribution in [0.4, 0.5) is 11.8 Å². The second-order valence-corrected chi connectivity index (χ2v) is 11.2. The van der Waals surface area contributed by atoms with Gasteiger partial charge in [0.1, 0.15) is 11.5 Å². The largest absolute Gasteiger partial charge is 0.464 e. The van der Waals surface area contributed by atoms with Gasteiger partial charge in [-0.15, -0.1) is 0 Å².